The normalized spacial score (nSPS) is 11.9. The van der Waals surface area contributed by atoms with Crippen molar-refractivity contribution in [1.29, 1.82) is 0 Å². The average molecular weight is 268 g/mol. The zero-order chi connectivity index (χ0) is 14.3. The molecule has 1 aromatic heterocycles. The van der Waals surface area contributed by atoms with E-state index in [1.54, 1.807) is 25.4 Å². The van der Waals surface area contributed by atoms with Crippen molar-refractivity contribution in [2.75, 3.05) is 13.6 Å². The van der Waals surface area contributed by atoms with Crippen molar-refractivity contribution in [2.24, 2.45) is 5.92 Å². The highest BCUT2D eigenvalue weighted by Gasteiger charge is 2.18. The maximum Gasteiger partial charge on any atom is 0.317 e. The number of hydrogen-bond donors (Lipinski definition) is 2. The number of amides is 2. The summed E-state index contributed by atoms with van der Waals surface area (Å²) in [6.45, 7) is 2.41. The third-order valence-corrected chi connectivity index (χ3v) is 2.81. The quantitative estimate of drug-likeness (QED) is 0.791. The fourth-order valence-electron chi connectivity index (χ4n) is 1.71. The van der Waals surface area contributed by atoms with Crippen LogP contribution in [0.15, 0.2) is 22.8 Å². The van der Waals surface area contributed by atoms with Crippen LogP contribution in [0.3, 0.4) is 0 Å². The summed E-state index contributed by atoms with van der Waals surface area (Å²) in [5, 5.41) is 11.6. The number of carboxylic acids is 1. The lowest BCUT2D eigenvalue weighted by molar-refractivity contribution is -0.141. The molecule has 0 bridgehead atoms. The van der Waals surface area contributed by atoms with Gasteiger partial charge in [0.25, 0.3) is 0 Å². The summed E-state index contributed by atoms with van der Waals surface area (Å²) in [5.41, 5.74) is 0. The molecule has 6 heteroatoms. The Hall–Kier alpha value is -1.98. The molecule has 0 aliphatic rings. The van der Waals surface area contributed by atoms with Crippen LogP contribution in [0.4, 0.5) is 4.79 Å². The molecule has 2 N–H and O–H groups in total. The Morgan fingerprint density at radius 2 is 2.26 bits per heavy atom. The van der Waals surface area contributed by atoms with Crippen LogP contribution in [-0.2, 0) is 11.3 Å². The predicted molar refractivity (Wildman–Crippen MR) is 69.6 cm³/mol. The minimum atomic E-state index is -0.879. The van der Waals surface area contributed by atoms with Crippen molar-refractivity contribution >= 4 is 12.0 Å². The smallest absolute Gasteiger partial charge is 0.317 e. The number of carboxylic acid groups (broad SMARTS) is 1. The first kappa shape index (κ1) is 15.1. The predicted octanol–water partition coefficient (Wildman–Crippen LogP) is 1.92. The lowest BCUT2D eigenvalue weighted by atomic mass is 10.0. The highest BCUT2D eigenvalue weighted by molar-refractivity contribution is 5.75. The van der Waals surface area contributed by atoms with Crippen molar-refractivity contribution in [3.63, 3.8) is 0 Å². The fraction of sp³-hybridized carbons (Fsp3) is 0.538. The molecular weight excluding hydrogens is 248 g/mol. The van der Waals surface area contributed by atoms with Gasteiger partial charge in [0.1, 0.15) is 5.76 Å². The van der Waals surface area contributed by atoms with Gasteiger partial charge < -0.3 is 19.7 Å². The summed E-state index contributed by atoms with van der Waals surface area (Å²) in [7, 11) is 1.63. The number of nitrogens with zero attached hydrogens (tertiary/aromatic N) is 1. The second-order valence-electron chi connectivity index (χ2n) is 4.45. The van der Waals surface area contributed by atoms with Gasteiger partial charge in [-0.05, 0) is 18.6 Å². The topological polar surface area (TPSA) is 82.8 Å². The number of rotatable bonds is 7. The number of nitrogens with one attached hydrogen (secondary N) is 1. The minimum Gasteiger partial charge on any atom is -0.481 e. The van der Waals surface area contributed by atoms with Gasteiger partial charge >= 0.3 is 12.0 Å². The molecule has 0 aliphatic heterocycles. The Morgan fingerprint density at radius 1 is 1.53 bits per heavy atom. The zero-order valence-electron chi connectivity index (χ0n) is 11.3. The molecule has 2 amide bonds. The molecule has 1 heterocycles. The van der Waals surface area contributed by atoms with Gasteiger partial charge in [-0.25, -0.2) is 4.79 Å². The molecule has 0 aromatic carbocycles. The van der Waals surface area contributed by atoms with Crippen LogP contribution in [-0.4, -0.2) is 35.6 Å². The lowest BCUT2D eigenvalue weighted by Gasteiger charge is -2.18. The maximum atomic E-state index is 11.8. The summed E-state index contributed by atoms with van der Waals surface area (Å²) in [6, 6.07) is 3.22. The van der Waals surface area contributed by atoms with Crippen LogP contribution in [0.5, 0.6) is 0 Å². The molecule has 0 saturated carbocycles. The number of aliphatic carboxylic acids is 1. The van der Waals surface area contributed by atoms with Gasteiger partial charge in [0.05, 0.1) is 18.7 Å². The van der Waals surface area contributed by atoms with E-state index in [9.17, 15) is 9.59 Å². The first-order valence-corrected chi connectivity index (χ1v) is 6.28. The molecule has 0 fully saturated rings. The number of hydrogen-bond acceptors (Lipinski definition) is 3. The summed E-state index contributed by atoms with van der Waals surface area (Å²) in [6.07, 6.45) is 2.87. The second kappa shape index (κ2) is 7.45. The molecule has 0 spiro atoms. The molecule has 6 nitrogen and oxygen atoms in total. The van der Waals surface area contributed by atoms with Crippen molar-refractivity contribution < 1.29 is 19.1 Å². The van der Waals surface area contributed by atoms with Crippen molar-refractivity contribution in [3.8, 4) is 0 Å². The van der Waals surface area contributed by atoms with Crippen molar-refractivity contribution in [3.05, 3.63) is 24.2 Å². The molecule has 1 atom stereocenters. The summed E-state index contributed by atoms with van der Waals surface area (Å²) < 4.78 is 5.14. The Labute approximate surface area is 112 Å². The van der Waals surface area contributed by atoms with Gasteiger partial charge in [-0.15, -0.1) is 0 Å². The Bertz CT molecular complexity index is 403. The van der Waals surface area contributed by atoms with Gasteiger partial charge in [0, 0.05) is 13.6 Å². The second-order valence-corrected chi connectivity index (χ2v) is 4.45. The Kier molecular flexibility index (Phi) is 5.92. The Balaban J connectivity index is 2.39. The van der Waals surface area contributed by atoms with Gasteiger partial charge in [-0.1, -0.05) is 13.3 Å². The lowest BCUT2D eigenvalue weighted by Crippen LogP contribution is -2.40. The van der Waals surface area contributed by atoms with Crippen LogP contribution in [0.25, 0.3) is 0 Å². The highest BCUT2D eigenvalue weighted by atomic mass is 16.4. The van der Waals surface area contributed by atoms with Crippen molar-refractivity contribution in [1.82, 2.24) is 10.2 Å². The molecule has 0 saturated heterocycles. The average Bonchev–Trinajstić information content (AvgIpc) is 2.86. The first-order chi connectivity index (χ1) is 9.04. The summed E-state index contributed by atoms with van der Waals surface area (Å²) in [4.78, 5) is 24.2. The molecule has 19 heavy (non-hydrogen) atoms. The van der Waals surface area contributed by atoms with Gasteiger partial charge in [0.2, 0.25) is 0 Å². The number of carbonyl (C=O) groups is 2. The van der Waals surface area contributed by atoms with E-state index in [0.29, 0.717) is 18.7 Å². The standard InChI is InChI=1S/C13H20N2O4/c1-3-5-10(12(16)17)8-14-13(18)15(2)9-11-6-4-7-19-11/h4,6-7,10H,3,5,8-9H2,1-2H3,(H,14,18)(H,16,17). The zero-order valence-corrected chi connectivity index (χ0v) is 11.3. The third-order valence-electron chi connectivity index (χ3n) is 2.81. The van der Waals surface area contributed by atoms with E-state index in [1.165, 1.54) is 4.90 Å². The number of carbonyl (C=O) groups excluding carboxylic acids is 1. The first-order valence-electron chi connectivity index (χ1n) is 6.28. The molecular formula is C13H20N2O4. The van der Waals surface area contributed by atoms with Crippen LogP contribution in [0, 0.1) is 5.92 Å². The molecule has 106 valence electrons. The number of urea groups is 1. The molecule has 1 unspecified atom stereocenters. The maximum absolute atomic E-state index is 11.8. The van der Waals surface area contributed by atoms with Crippen LogP contribution in [0.1, 0.15) is 25.5 Å². The largest absolute Gasteiger partial charge is 0.481 e. The highest BCUT2D eigenvalue weighted by Crippen LogP contribution is 2.06. The third kappa shape index (κ3) is 5.03. The molecule has 0 radical (unpaired) electrons. The van der Waals surface area contributed by atoms with E-state index >= 15 is 0 Å². The van der Waals surface area contributed by atoms with E-state index in [-0.39, 0.29) is 12.6 Å². The van der Waals surface area contributed by atoms with E-state index in [2.05, 4.69) is 5.32 Å². The van der Waals surface area contributed by atoms with Gasteiger partial charge in [-0.3, -0.25) is 4.79 Å². The number of furan rings is 1. The van der Waals surface area contributed by atoms with Crippen molar-refractivity contribution in [2.45, 2.75) is 26.3 Å². The molecule has 1 aromatic rings. The SMILES string of the molecule is CCCC(CNC(=O)N(C)Cc1ccco1)C(=O)O. The van der Waals surface area contributed by atoms with Crippen LogP contribution >= 0.6 is 0 Å². The molecule has 0 aliphatic carbocycles. The van der Waals surface area contributed by atoms with E-state index in [0.717, 1.165) is 6.42 Å². The van der Waals surface area contributed by atoms with Crippen LogP contribution < -0.4 is 5.32 Å². The summed E-state index contributed by atoms with van der Waals surface area (Å²) >= 11 is 0. The summed E-state index contributed by atoms with van der Waals surface area (Å²) in [5.74, 6) is -0.734. The van der Waals surface area contributed by atoms with Gasteiger partial charge in [-0.2, -0.15) is 0 Å². The van der Waals surface area contributed by atoms with Gasteiger partial charge in [0.15, 0.2) is 0 Å². The van der Waals surface area contributed by atoms with E-state index < -0.39 is 11.9 Å². The molecule has 1 rings (SSSR count). The van der Waals surface area contributed by atoms with E-state index in [4.69, 9.17) is 9.52 Å². The fourth-order valence-corrected chi connectivity index (χ4v) is 1.71. The van der Waals surface area contributed by atoms with Crippen LogP contribution in [0.2, 0.25) is 0 Å². The van der Waals surface area contributed by atoms with E-state index in [1.807, 2.05) is 6.92 Å². The Morgan fingerprint density at radius 3 is 2.79 bits per heavy atom. The monoisotopic (exact) mass is 268 g/mol. The minimum absolute atomic E-state index is 0.143.